The van der Waals surface area contributed by atoms with Crippen molar-refractivity contribution in [3.63, 3.8) is 0 Å². The van der Waals surface area contributed by atoms with Crippen molar-refractivity contribution < 1.29 is 24.4 Å². The van der Waals surface area contributed by atoms with E-state index in [2.05, 4.69) is 4.89 Å². The molecule has 2 rings (SSSR count). The van der Waals surface area contributed by atoms with Crippen LogP contribution in [0.15, 0.2) is 60.7 Å². The van der Waals surface area contributed by atoms with Crippen molar-refractivity contribution in [2.75, 3.05) is 13.2 Å². The van der Waals surface area contributed by atoms with E-state index >= 15 is 0 Å². The Morgan fingerprint density at radius 2 is 1.43 bits per heavy atom. The number of rotatable bonds is 16. The predicted octanol–water partition coefficient (Wildman–Crippen LogP) is 5.83. The Kier molecular flexibility index (Phi) is 12.3. The fourth-order valence-corrected chi connectivity index (χ4v) is 3.32. The van der Waals surface area contributed by atoms with E-state index in [4.69, 9.17) is 14.7 Å². The lowest BCUT2D eigenvalue weighted by Gasteiger charge is -2.13. The van der Waals surface area contributed by atoms with Crippen molar-refractivity contribution >= 4 is 5.97 Å². The molecule has 164 valence electrons. The highest BCUT2D eigenvalue weighted by molar-refractivity contribution is 5.69. The molecule has 0 aliphatic rings. The molecule has 0 fully saturated rings. The number of para-hydroxylation sites is 1. The maximum absolute atomic E-state index is 11.7. The third-order valence-electron chi connectivity index (χ3n) is 4.97. The molecule has 30 heavy (non-hydrogen) atoms. The molecular weight excluding hydrogens is 380 g/mol. The maximum Gasteiger partial charge on any atom is 0.305 e. The van der Waals surface area contributed by atoms with E-state index in [1.54, 1.807) is 0 Å². The molecule has 0 radical (unpaired) electrons. The number of esters is 1. The zero-order valence-corrected chi connectivity index (χ0v) is 17.7. The number of ether oxygens (including phenoxy) is 2. The van der Waals surface area contributed by atoms with E-state index < -0.39 is 0 Å². The van der Waals surface area contributed by atoms with Crippen LogP contribution in [0.3, 0.4) is 0 Å². The van der Waals surface area contributed by atoms with Crippen LogP contribution in [-0.2, 0) is 20.8 Å². The molecule has 0 spiro atoms. The number of unbranched alkanes of at least 4 members (excludes halogenated alkanes) is 5. The highest BCUT2D eigenvalue weighted by Crippen LogP contribution is 2.14. The number of carbonyl (C=O) groups excluding carboxylic acids is 1. The Morgan fingerprint density at radius 3 is 2.13 bits per heavy atom. The van der Waals surface area contributed by atoms with Crippen molar-refractivity contribution in [2.24, 2.45) is 0 Å². The third-order valence-corrected chi connectivity index (χ3v) is 4.97. The van der Waals surface area contributed by atoms with Crippen LogP contribution in [0.25, 0.3) is 0 Å². The van der Waals surface area contributed by atoms with Crippen LogP contribution in [0.1, 0.15) is 56.9 Å². The topological polar surface area (TPSA) is 65.0 Å². The molecule has 0 aliphatic heterocycles. The van der Waals surface area contributed by atoms with Gasteiger partial charge in [0.05, 0.1) is 6.10 Å². The Labute approximate surface area is 179 Å². The van der Waals surface area contributed by atoms with E-state index in [0.717, 1.165) is 57.1 Å². The first kappa shape index (κ1) is 23.9. The van der Waals surface area contributed by atoms with Gasteiger partial charge in [-0.3, -0.25) is 10.1 Å². The van der Waals surface area contributed by atoms with Crippen molar-refractivity contribution in [2.45, 2.75) is 63.9 Å². The van der Waals surface area contributed by atoms with E-state index in [0.29, 0.717) is 13.0 Å². The minimum absolute atomic E-state index is 0.145. The van der Waals surface area contributed by atoms with Gasteiger partial charge in [0.2, 0.25) is 0 Å². The molecule has 2 aromatic rings. The standard InChI is InChI=1S/C25H34O5/c26-25(29-20-19-28-23-15-10-6-11-16-23)18-12-4-2-1-3-9-17-24(30-27)21-22-13-7-5-8-14-22/h5-8,10-11,13-16,24,27H,1-4,9,12,17-21H2. The Balaban J connectivity index is 1.39. The van der Waals surface area contributed by atoms with Crippen molar-refractivity contribution in [3.8, 4) is 5.75 Å². The highest BCUT2D eigenvalue weighted by atomic mass is 17.1. The first-order chi connectivity index (χ1) is 14.8. The smallest absolute Gasteiger partial charge is 0.305 e. The number of carbonyl (C=O) groups is 1. The van der Waals surface area contributed by atoms with Crippen LogP contribution >= 0.6 is 0 Å². The summed E-state index contributed by atoms with van der Waals surface area (Å²) in [6, 6.07) is 19.6. The van der Waals surface area contributed by atoms with E-state index in [1.807, 2.05) is 60.7 Å². The summed E-state index contributed by atoms with van der Waals surface area (Å²) >= 11 is 0. The van der Waals surface area contributed by atoms with Gasteiger partial charge in [-0.15, -0.1) is 0 Å². The summed E-state index contributed by atoms with van der Waals surface area (Å²) in [6.45, 7) is 0.656. The van der Waals surface area contributed by atoms with Crippen LogP contribution in [0.4, 0.5) is 0 Å². The first-order valence-corrected chi connectivity index (χ1v) is 11.0. The van der Waals surface area contributed by atoms with Crippen molar-refractivity contribution in [1.82, 2.24) is 0 Å². The van der Waals surface area contributed by atoms with Gasteiger partial charge in [0, 0.05) is 12.8 Å². The molecule has 1 N–H and O–H groups in total. The summed E-state index contributed by atoms with van der Waals surface area (Å²) in [6.07, 6.45) is 8.15. The normalized spacial score (nSPS) is 11.8. The second-order valence-corrected chi connectivity index (χ2v) is 7.46. The molecular formula is C25H34O5. The van der Waals surface area contributed by atoms with E-state index in [1.165, 1.54) is 5.56 Å². The predicted molar refractivity (Wildman–Crippen MR) is 117 cm³/mol. The molecule has 0 aromatic heterocycles. The van der Waals surface area contributed by atoms with Gasteiger partial charge in [-0.05, 0) is 30.5 Å². The van der Waals surface area contributed by atoms with Crippen LogP contribution < -0.4 is 4.74 Å². The molecule has 0 aliphatic carbocycles. The maximum atomic E-state index is 11.7. The molecule has 0 heterocycles. The zero-order valence-electron chi connectivity index (χ0n) is 17.7. The largest absolute Gasteiger partial charge is 0.490 e. The zero-order chi connectivity index (χ0) is 21.3. The van der Waals surface area contributed by atoms with E-state index in [9.17, 15) is 4.79 Å². The molecule has 5 heteroatoms. The SMILES string of the molecule is O=C(CCCCCCCCC(Cc1ccccc1)OO)OCCOc1ccccc1. The fraction of sp³-hybridized carbons (Fsp3) is 0.480. The van der Waals surface area contributed by atoms with Crippen LogP contribution in [0.5, 0.6) is 5.75 Å². The lowest BCUT2D eigenvalue weighted by Crippen LogP contribution is -2.14. The van der Waals surface area contributed by atoms with Crippen LogP contribution in [0.2, 0.25) is 0 Å². The van der Waals surface area contributed by atoms with Gasteiger partial charge >= 0.3 is 5.97 Å². The summed E-state index contributed by atoms with van der Waals surface area (Å²) in [5.74, 6) is 0.626. The first-order valence-electron chi connectivity index (χ1n) is 11.0. The van der Waals surface area contributed by atoms with Gasteiger partial charge in [-0.2, -0.15) is 0 Å². The molecule has 2 aromatic carbocycles. The van der Waals surface area contributed by atoms with Crippen molar-refractivity contribution in [3.05, 3.63) is 66.2 Å². The van der Waals surface area contributed by atoms with Gasteiger partial charge in [0.1, 0.15) is 19.0 Å². The van der Waals surface area contributed by atoms with Gasteiger partial charge in [-0.25, -0.2) is 4.89 Å². The van der Waals surface area contributed by atoms with E-state index in [-0.39, 0.29) is 18.7 Å². The molecule has 0 amide bonds. The molecule has 5 nitrogen and oxygen atoms in total. The Hall–Kier alpha value is -2.37. The second-order valence-electron chi connectivity index (χ2n) is 7.46. The third kappa shape index (κ3) is 11.0. The number of benzene rings is 2. The van der Waals surface area contributed by atoms with Crippen LogP contribution in [0, 0.1) is 0 Å². The lowest BCUT2D eigenvalue weighted by atomic mass is 10.0. The summed E-state index contributed by atoms with van der Waals surface area (Å²) < 4.78 is 10.7. The minimum Gasteiger partial charge on any atom is -0.490 e. The summed E-state index contributed by atoms with van der Waals surface area (Å²) in [7, 11) is 0. The summed E-state index contributed by atoms with van der Waals surface area (Å²) in [4.78, 5) is 16.4. The summed E-state index contributed by atoms with van der Waals surface area (Å²) in [5.41, 5.74) is 1.18. The monoisotopic (exact) mass is 414 g/mol. The van der Waals surface area contributed by atoms with Crippen molar-refractivity contribution in [1.29, 1.82) is 0 Å². The lowest BCUT2D eigenvalue weighted by molar-refractivity contribution is -0.279. The molecule has 0 saturated carbocycles. The Bertz CT molecular complexity index is 674. The van der Waals surface area contributed by atoms with Crippen LogP contribution in [-0.4, -0.2) is 30.5 Å². The number of hydrogen-bond acceptors (Lipinski definition) is 5. The second kappa shape index (κ2) is 15.5. The Morgan fingerprint density at radius 1 is 0.800 bits per heavy atom. The van der Waals surface area contributed by atoms with Gasteiger partial charge in [0.15, 0.2) is 0 Å². The quantitative estimate of drug-likeness (QED) is 0.162. The average molecular weight is 415 g/mol. The minimum atomic E-state index is -0.157. The van der Waals surface area contributed by atoms with Gasteiger partial charge in [-0.1, -0.05) is 80.6 Å². The fourth-order valence-electron chi connectivity index (χ4n) is 3.32. The highest BCUT2D eigenvalue weighted by Gasteiger charge is 2.10. The van der Waals surface area contributed by atoms with Gasteiger partial charge in [0.25, 0.3) is 0 Å². The molecule has 0 saturated heterocycles. The molecule has 1 unspecified atom stereocenters. The molecule has 1 atom stereocenters. The number of hydrogen-bond donors (Lipinski definition) is 1. The average Bonchev–Trinajstić information content (AvgIpc) is 2.79. The summed E-state index contributed by atoms with van der Waals surface area (Å²) in [5, 5.41) is 9.10. The van der Waals surface area contributed by atoms with Gasteiger partial charge < -0.3 is 9.47 Å². The molecule has 0 bridgehead atoms.